The summed E-state index contributed by atoms with van der Waals surface area (Å²) in [6.07, 6.45) is 18.1. The fourth-order valence-corrected chi connectivity index (χ4v) is 18.2. The number of hydrogen-bond acceptors (Lipinski definition) is 3. The van der Waals surface area contributed by atoms with Crippen LogP contribution in [0.1, 0.15) is 219 Å². The Morgan fingerprint density at radius 1 is 0.200 bits per heavy atom. The van der Waals surface area contributed by atoms with Gasteiger partial charge in [-0.3, -0.25) is 13.2 Å². The molecule has 0 bridgehead atoms. The second-order valence-corrected chi connectivity index (χ2v) is 26.4. The molecule has 0 unspecified atom stereocenters. The Kier molecular flexibility index (Phi) is 28.1. The molecule has 0 N–H and O–H groups in total. The number of nitrogens with zero attached hydrogens (tertiary/aromatic N) is 6. The van der Waals surface area contributed by atoms with Crippen LogP contribution in [0.15, 0.2) is 256 Å². The first-order chi connectivity index (χ1) is 57.1. The van der Waals surface area contributed by atoms with Crippen LogP contribution in [0, 0.1) is 0 Å². The zero-order chi connectivity index (χ0) is 82.3. The van der Waals surface area contributed by atoms with Crippen LogP contribution in [0.5, 0.6) is 0 Å². The molecule has 0 saturated carbocycles. The van der Waals surface area contributed by atoms with E-state index in [0.717, 1.165) is 55.5 Å². The van der Waals surface area contributed by atoms with E-state index in [1.807, 2.05) is 171 Å². The summed E-state index contributed by atoms with van der Waals surface area (Å²) in [5.74, 6) is 0. The Morgan fingerprint density at radius 3 is 0.948 bits per heavy atom. The molecule has 0 fully saturated rings. The Bertz CT molecular complexity index is 6440. The molecule has 12 aromatic carbocycles. The van der Waals surface area contributed by atoms with Crippen LogP contribution in [0.2, 0.25) is 0 Å². The van der Waals surface area contributed by atoms with Crippen molar-refractivity contribution < 1.29 is 0 Å². The third kappa shape index (κ3) is 14.2. The van der Waals surface area contributed by atoms with E-state index in [-0.39, 0.29) is 0 Å². The first-order valence-corrected chi connectivity index (χ1v) is 43.7. The van der Waals surface area contributed by atoms with Gasteiger partial charge >= 0.3 is 0 Å². The fraction of sp³-hybridized carbons (Fsp3) is 0.257. The monoisotopic (exact) mass is 1510 g/mol. The zero-order valence-corrected chi connectivity index (χ0v) is 72.7. The highest BCUT2D eigenvalue weighted by molar-refractivity contribution is 6.19. The van der Waals surface area contributed by atoms with Crippen LogP contribution < -0.4 is 0 Å². The molecule has 0 spiro atoms. The molecule has 6 nitrogen and oxygen atoms in total. The lowest BCUT2D eigenvalue weighted by Gasteiger charge is -2.13. The van der Waals surface area contributed by atoms with E-state index in [1.54, 1.807) is 0 Å². The van der Waals surface area contributed by atoms with Gasteiger partial charge in [-0.25, -0.2) is 15.0 Å². The van der Waals surface area contributed by atoms with E-state index < -0.39 is 0 Å². The summed E-state index contributed by atoms with van der Waals surface area (Å²) < 4.78 is 6.67. The van der Waals surface area contributed by atoms with Crippen molar-refractivity contribution in [2.24, 2.45) is 0 Å². The Labute approximate surface area is 685 Å². The van der Waals surface area contributed by atoms with Gasteiger partial charge in [-0.1, -0.05) is 328 Å². The van der Waals surface area contributed by atoms with Gasteiger partial charge in [0.15, 0.2) is 0 Å². The topological polar surface area (TPSA) is 51.9 Å². The molecule has 6 aliphatic rings. The number of pyridine rings is 3. The lowest BCUT2D eigenvalue weighted by molar-refractivity contribution is 1.17. The second-order valence-electron chi connectivity index (χ2n) is 26.4. The maximum absolute atomic E-state index is 4.72. The third-order valence-electron chi connectivity index (χ3n) is 22.0. The summed E-state index contributed by atoms with van der Waals surface area (Å²) in [4.78, 5) is 14.1. The maximum atomic E-state index is 4.72. The first kappa shape index (κ1) is 84.2. The summed E-state index contributed by atoms with van der Waals surface area (Å²) in [5, 5.41) is 11.8. The number of benzene rings is 12. The highest BCUT2D eigenvalue weighted by atomic mass is 15.0. The van der Waals surface area contributed by atoms with Crippen LogP contribution >= 0.6 is 0 Å². The van der Waals surface area contributed by atoms with Crippen LogP contribution in [0.4, 0.5) is 0 Å². The molecule has 0 atom stereocenters. The molecule has 6 aliphatic carbocycles. The summed E-state index contributed by atoms with van der Waals surface area (Å²) in [6.45, 7) is 44.0. The van der Waals surface area contributed by atoms with Crippen LogP contribution in [-0.2, 0) is 38.5 Å². The Hall–Kier alpha value is -11.7. The van der Waals surface area contributed by atoms with Crippen molar-refractivity contribution in [1.29, 1.82) is 0 Å². The number of para-hydroxylation sites is 3. The van der Waals surface area contributed by atoms with Crippen LogP contribution in [0.3, 0.4) is 0 Å². The molecular weight excluding hydrogens is 1390 g/mol. The van der Waals surface area contributed by atoms with Gasteiger partial charge in [0.1, 0.15) is 16.9 Å². The molecule has 6 heterocycles. The highest BCUT2D eigenvalue weighted by Gasteiger charge is 2.33. The normalized spacial score (nSPS) is 11.5. The van der Waals surface area contributed by atoms with Gasteiger partial charge in [0.05, 0.1) is 16.6 Å². The average molecular weight is 1510 g/mol. The SMILES string of the molecule is CC.CC.CC.CC.CC.CC.CC.CC.CC.CC.CC.c1ccc2c(c1)Cc1c-2ccc2c1-c1ccc3c(c1C2)c1ccccc1n1ccnc31.c1ccc2c(c1)Cc1c-2ccc2c1Cc1c-2ccc2c1c1ccccc1n1ccnc21.c1ccc2c(c1)Cc1cc3c(cc1-2)-c1ccc2c(c1C3)c1ccccc1n1ccnc21. The minimum Gasteiger partial charge on any atom is -0.299 e. The van der Waals surface area contributed by atoms with Crippen molar-refractivity contribution >= 4 is 82.0 Å². The van der Waals surface area contributed by atoms with E-state index >= 15 is 0 Å². The lowest BCUT2D eigenvalue weighted by atomic mass is 9.93. The standard InChI is InChI=1S/3C29H18N2.11C2H6/c1-2-6-20-17(5-1)13-18-14-19-15-26-21(25(19)16-24(18)20)9-10-23-28(26)22-7-3-4-8-27(22)31-12-11-30-29(23)31;1-2-6-19-17(5-1)15-24-20(19)10-9-18-16-25-21(27(18)24)11-12-23-28(25)22-7-3-4-8-26(22)31-14-13-30-29(23)31;1-2-6-18-17(5-1)15-24-19(18)9-10-20-21-11-12-23-28(26(21)16-25(20)24)22-7-3-4-8-27(22)31-14-13-30-29(23)31;11*1-2/h1-12,14,16H,13,15H2;2*1-14H,15-16H2;11*1-2H3. The highest BCUT2D eigenvalue weighted by Crippen LogP contribution is 2.53. The molecule has 6 aromatic heterocycles. The largest absolute Gasteiger partial charge is 0.299 e. The Balaban J connectivity index is 0.000000152. The third-order valence-corrected chi connectivity index (χ3v) is 22.0. The minimum atomic E-state index is 0.993. The maximum Gasteiger partial charge on any atom is 0.145 e. The molecule has 6 heteroatoms. The van der Waals surface area contributed by atoms with Gasteiger partial charge in [-0.05, 0) is 231 Å². The van der Waals surface area contributed by atoms with Gasteiger partial charge < -0.3 is 0 Å². The van der Waals surface area contributed by atoms with Crippen molar-refractivity contribution in [3.05, 3.63) is 322 Å². The van der Waals surface area contributed by atoms with Crippen molar-refractivity contribution in [3.8, 4) is 66.8 Å². The fourth-order valence-electron chi connectivity index (χ4n) is 18.2. The molecule has 115 heavy (non-hydrogen) atoms. The quantitative estimate of drug-likeness (QED) is 0.142. The number of rotatable bonds is 0. The molecule has 586 valence electrons. The van der Waals surface area contributed by atoms with Crippen molar-refractivity contribution in [2.45, 2.75) is 191 Å². The summed E-state index contributed by atoms with van der Waals surface area (Å²) in [6, 6.07) is 81.0. The minimum absolute atomic E-state index is 0.993. The average Bonchev–Trinajstić information content (AvgIpc) is 1.59. The summed E-state index contributed by atoms with van der Waals surface area (Å²) in [5.41, 5.74) is 41.4. The molecule has 0 amide bonds. The number of imidazole rings is 3. The van der Waals surface area contributed by atoms with Gasteiger partial charge in [-0.2, -0.15) is 0 Å². The van der Waals surface area contributed by atoms with Crippen molar-refractivity contribution in [1.82, 2.24) is 28.2 Å². The van der Waals surface area contributed by atoms with Crippen LogP contribution in [-0.4, -0.2) is 28.2 Å². The molecule has 0 saturated heterocycles. The number of aromatic nitrogens is 6. The lowest BCUT2D eigenvalue weighted by Crippen LogP contribution is -1.94. The predicted octanol–water partition coefficient (Wildman–Crippen LogP) is 31.6. The Morgan fingerprint density at radius 2 is 0.487 bits per heavy atom. The first-order valence-electron chi connectivity index (χ1n) is 43.7. The van der Waals surface area contributed by atoms with Gasteiger partial charge in [0, 0.05) is 69.5 Å². The summed E-state index contributed by atoms with van der Waals surface area (Å²) >= 11 is 0. The van der Waals surface area contributed by atoms with Gasteiger partial charge in [-0.15, -0.1) is 0 Å². The van der Waals surface area contributed by atoms with E-state index in [2.05, 4.69) is 250 Å². The van der Waals surface area contributed by atoms with E-state index in [1.165, 1.54) is 199 Å². The van der Waals surface area contributed by atoms with Crippen molar-refractivity contribution in [3.63, 3.8) is 0 Å². The smallest absolute Gasteiger partial charge is 0.145 e. The molecule has 0 aliphatic heterocycles. The molecular formula is C109H120N6. The van der Waals surface area contributed by atoms with Crippen molar-refractivity contribution in [2.75, 3.05) is 0 Å². The number of hydrogen-bond donors (Lipinski definition) is 0. The molecule has 24 rings (SSSR count). The van der Waals surface area contributed by atoms with E-state index in [4.69, 9.17) is 15.0 Å². The zero-order valence-electron chi connectivity index (χ0n) is 72.7. The van der Waals surface area contributed by atoms with E-state index in [0.29, 0.717) is 0 Å². The molecule has 18 aromatic rings. The molecule has 0 radical (unpaired) electrons. The second kappa shape index (κ2) is 38.4. The summed E-state index contributed by atoms with van der Waals surface area (Å²) in [7, 11) is 0. The van der Waals surface area contributed by atoms with Gasteiger partial charge in [0.25, 0.3) is 0 Å². The predicted molar refractivity (Wildman–Crippen MR) is 505 cm³/mol. The number of fused-ring (bicyclic) bond motifs is 41. The van der Waals surface area contributed by atoms with Gasteiger partial charge in [0.2, 0.25) is 0 Å². The van der Waals surface area contributed by atoms with E-state index in [9.17, 15) is 0 Å². The van der Waals surface area contributed by atoms with Crippen LogP contribution in [0.25, 0.3) is 149 Å².